The Bertz CT molecular complexity index is 1340. The molecule has 0 aliphatic rings. The van der Waals surface area contributed by atoms with Crippen LogP contribution < -0.4 is 4.74 Å². The van der Waals surface area contributed by atoms with Gasteiger partial charge in [-0.15, -0.1) is 0 Å². The molecule has 0 aliphatic heterocycles. The van der Waals surface area contributed by atoms with Crippen molar-refractivity contribution in [1.29, 1.82) is 0 Å². The summed E-state index contributed by atoms with van der Waals surface area (Å²) in [6.07, 6.45) is 1.18. The van der Waals surface area contributed by atoms with Crippen LogP contribution in [0.4, 0.5) is 8.78 Å². The Kier molecular flexibility index (Phi) is 4.76. The highest BCUT2D eigenvalue weighted by molar-refractivity contribution is 7.91. The molecule has 0 fully saturated rings. The molecule has 0 bridgehead atoms. The number of benzene rings is 3. The lowest BCUT2D eigenvalue weighted by molar-refractivity contribution is 0.413. The zero-order valence-corrected chi connectivity index (χ0v) is 16.1. The lowest BCUT2D eigenvalue weighted by Crippen LogP contribution is -2.06. The van der Waals surface area contributed by atoms with Crippen LogP contribution in [0, 0.1) is 11.6 Å². The van der Waals surface area contributed by atoms with E-state index in [9.17, 15) is 17.2 Å². The first-order valence-corrected chi connectivity index (χ1v) is 10.1. The maximum atomic E-state index is 13.9. The number of pyridine rings is 1. The second-order valence-corrected chi connectivity index (χ2v) is 8.27. The highest BCUT2D eigenvalue weighted by atomic mass is 32.2. The van der Waals surface area contributed by atoms with Crippen LogP contribution in [0.15, 0.2) is 82.7 Å². The minimum absolute atomic E-state index is 0.0118. The molecule has 7 heteroatoms. The van der Waals surface area contributed by atoms with E-state index >= 15 is 0 Å². The standard InChI is InChI=1S/C22H15F2NO3S/c1-28-17-6-3-7-18(12-17)29(26,27)21-13-25-20-11-16(24)8-9-19(20)22(21)14-4-2-5-15(23)10-14/h2-13H,1H3. The molecule has 1 aromatic heterocycles. The minimum atomic E-state index is -4.02. The molecule has 4 aromatic rings. The molecule has 0 saturated heterocycles. The minimum Gasteiger partial charge on any atom is -0.497 e. The van der Waals surface area contributed by atoms with E-state index < -0.39 is 21.5 Å². The van der Waals surface area contributed by atoms with Gasteiger partial charge in [0.1, 0.15) is 17.4 Å². The van der Waals surface area contributed by atoms with Gasteiger partial charge < -0.3 is 4.74 Å². The number of hydrogen-bond acceptors (Lipinski definition) is 4. The van der Waals surface area contributed by atoms with E-state index in [4.69, 9.17) is 4.74 Å². The molecule has 0 N–H and O–H groups in total. The van der Waals surface area contributed by atoms with Crippen molar-refractivity contribution in [3.63, 3.8) is 0 Å². The van der Waals surface area contributed by atoms with Gasteiger partial charge >= 0.3 is 0 Å². The lowest BCUT2D eigenvalue weighted by atomic mass is 10.0. The largest absolute Gasteiger partial charge is 0.497 e. The normalized spacial score (nSPS) is 11.6. The van der Waals surface area contributed by atoms with Crippen molar-refractivity contribution in [2.75, 3.05) is 7.11 Å². The third-order valence-corrected chi connectivity index (χ3v) is 6.31. The monoisotopic (exact) mass is 411 g/mol. The average Bonchev–Trinajstić information content (AvgIpc) is 2.72. The second-order valence-electron chi connectivity index (χ2n) is 6.35. The number of hydrogen-bond donors (Lipinski definition) is 0. The van der Waals surface area contributed by atoms with Gasteiger partial charge in [-0.1, -0.05) is 18.2 Å². The van der Waals surface area contributed by atoms with Crippen molar-refractivity contribution in [1.82, 2.24) is 4.98 Å². The van der Waals surface area contributed by atoms with Crippen LogP contribution in [0.1, 0.15) is 0 Å². The number of methoxy groups -OCH3 is 1. The molecular formula is C22H15F2NO3S. The molecule has 29 heavy (non-hydrogen) atoms. The molecule has 0 radical (unpaired) electrons. The maximum Gasteiger partial charge on any atom is 0.208 e. The van der Waals surface area contributed by atoms with E-state index in [1.165, 1.54) is 61.8 Å². The van der Waals surface area contributed by atoms with Crippen molar-refractivity contribution in [2.45, 2.75) is 9.79 Å². The van der Waals surface area contributed by atoms with Gasteiger partial charge in [0, 0.05) is 23.2 Å². The molecule has 0 saturated carbocycles. The molecule has 0 amide bonds. The van der Waals surface area contributed by atoms with Gasteiger partial charge in [-0.3, -0.25) is 4.98 Å². The average molecular weight is 411 g/mol. The van der Waals surface area contributed by atoms with Crippen molar-refractivity contribution >= 4 is 20.7 Å². The molecule has 0 aliphatic carbocycles. The van der Waals surface area contributed by atoms with E-state index in [1.807, 2.05) is 0 Å². The summed E-state index contributed by atoms with van der Waals surface area (Å²) in [5.41, 5.74) is 0.886. The summed E-state index contributed by atoms with van der Waals surface area (Å²) < 4.78 is 59.6. The third-order valence-electron chi connectivity index (χ3n) is 4.55. The summed E-state index contributed by atoms with van der Waals surface area (Å²) in [5.74, 6) is -0.632. The highest BCUT2D eigenvalue weighted by Crippen LogP contribution is 2.37. The summed E-state index contributed by atoms with van der Waals surface area (Å²) in [7, 11) is -2.58. The first kappa shape index (κ1) is 19.0. The lowest BCUT2D eigenvalue weighted by Gasteiger charge is -2.14. The number of ether oxygens (including phenoxy) is 1. The molecular weight excluding hydrogens is 396 g/mol. The zero-order valence-electron chi connectivity index (χ0n) is 15.3. The Morgan fingerprint density at radius 3 is 2.41 bits per heavy atom. The SMILES string of the molecule is COc1cccc(S(=O)(=O)c2cnc3cc(F)ccc3c2-c2cccc(F)c2)c1. The highest BCUT2D eigenvalue weighted by Gasteiger charge is 2.25. The first-order chi connectivity index (χ1) is 13.9. The van der Waals surface area contributed by atoms with E-state index in [2.05, 4.69) is 4.98 Å². The number of halogens is 2. The molecule has 146 valence electrons. The van der Waals surface area contributed by atoms with E-state index in [-0.39, 0.29) is 20.9 Å². The Labute approximate surface area is 166 Å². The van der Waals surface area contributed by atoms with Crippen molar-refractivity contribution in [2.24, 2.45) is 0 Å². The van der Waals surface area contributed by atoms with Crippen LogP contribution in [-0.4, -0.2) is 20.5 Å². The molecule has 4 rings (SSSR count). The van der Waals surface area contributed by atoms with Gasteiger partial charge in [0.05, 0.1) is 22.4 Å². The van der Waals surface area contributed by atoms with Crippen LogP contribution in [-0.2, 0) is 9.84 Å². The van der Waals surface area contributed by atoms with Gasteiger partial charge in [-0.25, -0.2) is 17.2 Å². The van der Waals surface area contributed by atoms with Gasteiger partial charge in [0.25, 0.3) is 0 Å². The van der Waals surface area contributed by atoms with Gasteiger partial charge in [0.2, 0.25) is 9.84 Å². The van der Waals surface area contributed by atoms with E-state index in [0.717, 1.165) is 0 Å². The molecule has 0 spiro atoms. The summed E-state index contributed by atoms with van der Waals surface area (Å²) in [6, 6.07) is 15.5. The van der Waals surface area contributed by atoms with E-state index in [0.29, 0.717) is 16.7 Å². The number of rotatable bonds is 4. The van der Waals surface area contributed by atoms with Crippen LogP contribution in [0.25, 0.3) is 22.0 Å². The van der Waals surface area contributed by atoms with Crippen LogP contribution in [0.5, 0.6) is 5.75 Å². The summed E-state index contributed by atoms with van der Waals surface area (Å²) in [4.78, 5) is 4.05. The quantitative estimate of drug-likeness (QED) is 0.473. The Morgan fingerprint density at radius 2 is 1.66 bits per heavy atom. The van der Waals surface area contributed by atoms with Crippen LogP contribution in [0.2, 0.25) is 0 Å². The summed E-state index contributed by atoms with van der Waals surface area (Å²) in [6.45, 7) is 0. The smallest absolute Gasteiger partial charge is 0.208 e. The molecule has 3 aromatic carbocycles. The fourth-order valence-electron chi connectivity index (χ4n) is 3.19. The van der Waals surface area contributed by atoms with Crippen molar-refractivity contribution in [3.8, 4) is 16.9 Å². The predicted octanol–water partition coefficient (Wildman–Crippen LogP) is 5.02. The molecule has 4 nitrogen and oxygen atoms in total. The number of nitrogens with zero attached hydrogens (tertiary/aromatic N) is 1. The van der Waals surface area contributed by atoms with Crippen LogP contribution >= 0.6 is 0 Å². The first-order valence-electron chi connectivity index (χ1n) is 8.63. The maximum absolute atomic E-state index is 13.9. The van der Waals surface area contributed by atoms with Gasteiger partial charge in [-0.05, 0) is 48.0 Å². The van der Waals surface area contributed by atoms with E-state index in [1.54, 1.807) is 18.2 Å². The fourth-order valence-corrected chi connectivity index (χ4v) is 4.66. The summed E-state index contributed by atoms with van der Waals surface area (Å²) >= 11 is 0. The predicted molar refractivity (Wildman–Crippen MR) is 106 cm³/mol. The Hall–Kier alpha value is -3.32. The number of aromatic nitrogens is 1. The summed E-state index contributed by atoms with van der Waals surface area (Å²) in [5, 5.41) is 0.404. The molecule has 1 heterocycles. The van der Waals surface area contributed by atoms with Crippen molar-refractivity contribution < 1.29 is 21.9 Å². The Balaban J connectivity index is 2.06. The fraction of sp³-hybridized carbons (Fsp3) is 0.0455. The van der Waals surface area contributed by atoms with Gasteiger partial charge in [-0.2, -0.15) is 0 Å². The second kappa shape index (κ2) is 7.25. The number of sulfone groups is 1. The molecule has 0 unspecified atom stereocenters. The van der Waals surface area contributed by atoms with Crippen LogP contribution in [0.3, 0.4) is 0 Å². The number of fused-ring (bicyclic) bond motifs is 1. The Morgan fingerprint density at radius 1 is 0.897 bits per heavy atom. The van der Waals surface area contributed by atoms with Crippen molar-refractivity contribution in [3.05, 3.63) is 84.6 Å². The zero-order chi connectivity index (χ0) is 20.6. The van der Waals surface area contributed by atoms with Gasteiger partial charge in [0.15, 0.2) is 0 Å². The molecule has 0 atom stereocenters. The topological polar surface area (TPSA) is 56.3 Å². The third kappa shape index (κ3) is 3.45.